The summed E-state index contributed by atoms with van der Waals surface area (Å²) in [5.41, 5.74) is 0.785. The molecule has 4 rings (SSSR count). The number of benzene rings is 3. The van der Waals surface area contributed by atoms with Gasteiger partial charge in [0.1, 0.15) is 5.57 Å². The molecule has 0 aromatic heterocycles. The normalized spacial score (nSPS) is 13.9. The molecule has 0 bridgehead atoms. The highest BCUT2D eigenvalue weighted by atomic mass is 35.5. The lowest BCUT2D eigenvalue weighted by Gasteiger charge is -2.27. The van der Waals surface area contributed by atoms with Crippen LogP contribution in [-0.2, 0) is 9.59 Å². The summed E-state index contributed by atoms with van der Waals surface area (Å²) in [6.07, 6.45) is 1.23. The minimum Gasteiger partial charge on any atom is -0.267 e. The number of nitrogens with zero attached hydrogens (tertiary/aromatic N) is 2. The van der Waals surface area contributed by atoms with Crippen LogP contribution in [0.1, 0.15) is 5.56 Å². The van der Waals surface area contributed by atoms with Crippen LogP contribution >= 0.6 is 23.2 Å². The number of amides is 2. The summed E-state index contributed by atoms with van der Waals surface area (Å²) in [6.45, 7) is 0. The highest BCUT2D eigenvalue weighted by molar-refractivity contribution is 6.38. The van der Waals surface area contributed by atoms with Gasteiger partial charge in [0, 0.05) is 10.0 Å². The number of carbonyl (C=O) groups is 2. The molecule has 0 spiro atoms. The highest BCUT2D eigenvalue weighted by Gasteiger charge is 2.42. The molecule has 0 radical (unpaired) electrons. The number of hydrogen-bond acceptors (Lipinski definition) is 2. The van der Waals surface area contributed by atoms with E-state index in [-0.39, 0.29) is 11.1 Å². The topological polar surface area (TPSA) is 40.6 Å². The third-order valence-electron chi connectivity index (χ3n) is 4.44. The zero-order valence-electron chi connectivity index (χ0n) is 15.2. The molecule has 1 aliphatic rings. The Morgan fingerprint density at radius 3 is 1.57 bits per heavy atom. The van der Waals surface area contributed by atoms with E-state index in [4.69, 9.17) is 23.2 Å². The second-order valence-electron chi connectivity index (χ2n) is 6.42. The van der Waals surface area contributed by atoms with Gasteiger partial charge >= 0.3 is 0 Å². The van der Waals surface area contributed by atoms with Gasteiger partial charge in [0.05, 0.1) is 11.4 Å². The minimum absolute atomic E-state index is 0.180. The first-order valence-corrected chi connectivity index (χ1v) is 9.47. The van der Waals surface area contributed by atoms with Gasteiger partial charge in [-0.25, -0.2) is 18.8 Å². The monoisotopic (exact) mass is 444 g/mol. The Morgan fingerprint density at radius 1 is 0.667 bits per heavy atom. The predicted molar refractivity (Wildman–Crippen MR) is 112 cm³/mol. The van der Waals surface area contributed by atoms with E-state index in [2.05, 4.69) is 0 Å². The number of anilines is 2. The zero-order chi connectivity index (χ0) is 21.4. The van der Waals surface area contributed by atoms with Crippen LogP contribution in [0.5, 0.6) is 0 Å². The first kappa shape index (κ1) is 20.1. The van der Waals surface area contributed by atoms with Crippen molar-refractivity contribution in [1.82, 2.24) is 0 Å². The molecule has 150 valence electrons. The summed E-state index contributed by atoms with van der Waals surface area (Å²) in [5.74, 6) is -3.35. The van der Waals surface area contributed by atoms with Gasteiger partial charge < -0.3 is 0 Å². The molecule has 0 aliphatic carbocycles. The van der Waals surface area contributed by atoms with Crippen LogP contribution in [0, 0.1) is 11.6 Å². The maximum atomic E-state index is 13.6. The summed E-state index contributed by atoms with van der Waals surface area (Å²) >= 11 is 11.9. The highest BCUT2D eigenvalue weighted by Crippen LogP contribution is 2.33. The van der Waals surface area contributed by atoms with Gasteiger partial charge in [-0.3, -0.25) is 9.59 Å². The zero-order valence-corrected chi connectivity index (χ0v) is 16.7. The van der Waals surface area contributed by atoms with E-state index in [1.807, 2.05) is 0 Å². The van der Waals surface area contributed by atoms with Gasteiger partial charge in [0.25, 0.3) is 11.8 Å². The number of carbonyl (C=O) groups excluding carboxylic acids is 2. The molecular formula is C22H12Cl2F2N2O2. The third-order valence-corrected chi connectivity index (χ3v) is 4.95. The maximum absolute atomic E-state index is 13.6. The van der Waals surface area contributed by atoms with Gasteiger partial charge in [-0.05, 0) is 72.3 Å². The molecule has 3 aromatic carbocycles. The van der Waals surface area contributed by atoms with E-state index >= 15 is 0 Å². The Kier molecular flexibility index (Phi) is 5.28. The SMILES string of the molecule is O=C1C(=Cc2ccc(F)c(F)c2)C(=O)N(c2ccc(Cl)cc2)N1c1ccc(Cl)cc1. The molecule has 1 fully saturated rings. The molecule has 1 saturated heterocycles. The van der Waals surface area contributed by atoms with Crippen LogP contribution in [0.2, 0.25) is 10.0 Å². The molecule has 0 N–H and O–H groups in total. The van der Waals surface area contributed by atoms with Gasteiger partial charge in [0.2, 0.25) is 0 Å². The van der Waals surface area contributed by atoms with Crippen molar-refractivity contribution in [3.8, 4) is 0 Å². The smallest absolute Gasteiger partial charge is 0.267 e. The van der Waals surface area contributed by atoms with Crippen LogP contribution in [-0.4, -0.2) is 11.8 Å². The Bertz CT molecular complexity index is 1110. The molecule has 4 nitrogen and oxygen atoms in total. The van der Waals surface area contributed by atoms with Crippen molar-refractivity contribution in [2.45, 2.75) is 0 Å². The van der Waals surface area contributed by atoms with E-state index in [1.54, 1.807) is 48.5 Å². The number of hydrazine groups is 1. The fourth-order valence-corrected chi connectivity index (χ4v) is 3.28. The molecular weight excluding hydrogens is 433 g/mol. The Hall–Kier alpha value is -3.22. The average molecular weight is 445 g/mol. The Balaban J connectivity index is 1.83. The molecule has 1 aliphatic heterocycles. The van der Waals surface area contributed by atoms with E-state index < -0.39 is 23.4 Å². The molecule has 0 unspecified atom stereocenters. The van der Waals surface area contributed by atoms with Gasteiger partial charge in [0.15, 0.2) is 11.6 Å². The molecule has 0 saturated carbocycles. The van der Waals surface area contributed by atoms with Crippen molar-refractivity contribution in [2.75, 3.05) is 10.0 Å². The summed E-state index contributed by atoms with van der Waals surface area (Å²) < 4.78 is 26.8. The maximum Gasteiger partial charge on any atom is 0.283 e. The molecule has 0 atom stereocenters. The van der Waals surface area contributed by atoms with Gasteiger partial charge in [-0.15, -0.1) is 0 Å². The van der Waals surface area contributed by atoms with E-state index in [9.17, 15) is 18.4 Å². The van der Waals surface area contributed by atoms with Crippen molar-refractivity contribution < 1.29 is 18.4 Å². The van der Waals surface area contributed by atoms with Crippen molar-refractivity contribution in [2.24, 2.45) is 0 Å². The fraction of sp³-hybridized carbons (Fsp3) is 0. The summed E-state index contributed by atoms with van der Waals surface area (Å²) in [5, 5.41) is 3.31. The predicted octanol–water partition coefficient (Wildman–Crippen LogP) is 5.65. The second-order valence-corrected chi connectivity index (χ2v) is 7.29. The molecule has 3 aromatic rings. The van der Waals surface area contributed by atoms with Crippen molar-refractivity contribution in [3.63, 3.8) is 0 Å². The van der Waals surface area contributed by atoms with Crippen molar-refractivity contribution >= 4 is 52.5 Å². The van der Waals surface area contributed by atoms with Crippen LogP contribution in [0.3, 0.4) is 0 Å². The summed E-state index contributed by atoms with van der Waals surface area (Å²) in [4.78, 5) is 26.4. The first-order valence-electron chi connectivity index (χ1n) is 8.72. The molecule has 1 heterocycles. The summed E-state index contributed by atoms with van der Waals surface area (Å²) in [6, 6.07) is 15.9. The molecule has 8 heteroatoms. The van der Waals surface area contributed by atoms with Gasteiger partial charge in [-0.2, -0.15) is 0 Å². The lowest BCUT2D eigenvalue weighted by molar-refractivity contribution is -0.116. The van der Waals surface area contributed by atoms with E-state index in [0.717, 1.165) is 12.1 Å². The summed E-state index contributed by atoms with van der Waals surface area (Å²) in [7, 11) is 0. The quantitative estimate of drug-likeness (QED) is 0.386. The fourth-order valence-electron chi connectivity index (χ4n) is 3.02. The lowest BCUT2D eigenvalue weighted by atomic mass is 10.1. The van der Waals surface area contributed by atoms with Crippen LogP contribution in [0.25, 0.3) is 6.08 Å². The van der Waals surface area contributed by atoms with Crippen molar-refractivity contribution in [1.29, 1.82) is 0 Å². The third kappa shape index (κ3) is 3.67. The van der Waals surface area contributed by atoms with E-state index in [0.29, 0.717) is 21.4 Å². The van der Waals surface area contributed by atoms with Crippen molar-refractivity contribution in [3.05, 3.63) is 99.5 Å². The number of halogens is 4. The lowest BCUT2D eigenvalue weighted by Crippen LogP contribution is -2.41. The Morgan fingerprint density at radius 2 is 1.13 bits per heavy atom. The standard InChI is InChI=1S/C22H12Cl2F2N2O2/c23-14-2-6-16(7-3-14)27-21(29)18(11-13-1-10-19(25)20(26)12-13)22(30)28(27)17-8-4-15(24)5-9-17/h1-12H. The van der Waals surface area contributed by atoms with Crippen LogP contribution in [0.15, 0.2) is 72.3 Å². The minimum atomic E-state index is -1.08. The van der Waals surface area contributed by atoms with E-state index in [1.165, 1.54) is 22.2 Å². The second kappa shape index (κ2) is 7.89. The van der Waals surface area contributed by atoms with Crippen LogP contribution < -0.4 is 10.0 Å². The largest absolute Gasteiger partial charge is 0.283 e. The Labute approximate surface area is 180 Å². The molecule has 2 amide bonds. The van der Waals surface area contributed by atoms with Gasteiger partial charge in [-0.1, -0.05) is 29.3 Å². The van der Waals surface area contributed by atoms with Crippen LogP contribution in [0.4, 0.5) is 20.2 Å². The number of hydrogen-bond donors (Lipinski definition) is 0. The average Bonchev–Trinajstić information content (AvgIpc) is 2.97. The molecule has 30 heavy (non-hydrogen) atoms. The first-order chi connectivity index (χ1) is 14.3. The number of rotatable bonds is 3.